The summed E-state index contributed by atoms with van der Waals surface area (Å²) in [6.45, 7) is 7.45. The molecular formula is C19H32O2. The molecule has 0 unspecified atom stereocenters. The van der Waals surface area contributed by atoms with Crippen LogP contribution in [0.2, 0.25) is 0 Å². The van der Waals surface area contributed by atoms with Crippen LogP contribution in [-0.4, -0.2) is 11.7 Å². The lowest BCUT2D eigenvalue weighted by molar-refractivity contribution is 0.303. The van der Waals surface area contributed by atoms with Crippen LogP contribution in [0.15, 0.2) is 18.2 Å². The summed E-state index contributed by atoms with van der Waals surface area (Å²) in [5.41, 5.74) is 0.984. The van der Waals surface area contributed by atoms with E-state index in [0.717, 1.165) is 49.5 Å². The number of ether oxygens (including phenoxy) is 1. The minimum Gasteiger partial charge on any atom is -0.508 e. The SMILES string of the molecule is CCCCOc1cccc(O)c1CCCCCCC(C)C. The quantitative estimate of drug-likeness (QED) is 0.528. The monoisotopic (exact) mass is 292 g/mol. The average molecular weight is 292 g/mol. The molecule has 0 fully saturated rings. The first-order chi connectivity index (χ1) is 10.1. The zero-order chi connectivity index (χ0) is 15.5. The summed E-state index contributed by atoms with van der Waals surface area (Å²) >= 11 is 0. The van der Waals surface area contributed by atoms with Gasteiger partial charge in [-0.3, -0.25) is 0 Å². The van der Waals surface area contributed by atoms with Crippen LogP contribution in [0.25, 0.3) is 0 Å². The summed E-state index contributed by atoms with van der Waals surface area (Å²) in [6.07, 6.45) is 9.39. The fraction of sp³-hybridized carbons (Fsp3) is 0.684. The van der Waals surface area contributed by atoms with Gasteiger partial charge in [0.1, 0.15) is 11.5 Å². The Morgan fingerprint density at radius 1 is 1.05 bits per heavy atom. The molecule has 0 aliphatic carbocycles. The maximum atomic E-state index is 10.0. The second kappa shape index (κ2) is 10.5. The molecule has 0 heterocycles. The van der Waals surface area contributed by atoms with E-state index in [1.807, 2.05) is 12.1 Å². The number of hydrogen-bond acceptors (Lipinski definition) is 2. The van der Waals surface area contributed by atoms with Gasteiger partial charge < -0.3 is 9.84 Å². The van der Waals surface area contributed by atoms with Crippen molar-refractivity contribution in [3.8, 4) is 11.5 Å². The van der Waals surface area contributed by atoms with E-state index in [1.165, 1.54) is 25.7 Å². The molecule has 0 amide bonds. The minimum absolute atomic E-state index is 0.381. The van der Waals surface area contributed by atoms with Gasteiger partial charge in [0.15, 0.2) is 0 Å². The summed E-state index contributed by atoms with van der Waals surface area (Å²) in [5, 5.41) is 10.0. The van der Waals surface area contributed by atoms with E-state index in [1.54, 1.807) is 6.07 Å². The van der Waals surface area contributed by atoms with Gasteiger partial charge in [-0.1, -0.05) is 58.9 Å². The maximum absolute atomic E-state index is 10.0. The molecule has 0 bridgehead atoms. The fourth-order valence-corrected chi connectivity index (χ4v) is 2.47. The first-order valence-corrected chi connectivity index (χ1v) is 8.58. The molecule has 1 rings (SSSR count). The van der Waals surface area contributed by atoms with Gasteiger partial charge in [0.05, 0.1) is 6.61 Å². The highest BCUT2D eigenvalue weighted by Crippen LogP contribution is 2.29. The topological polar surface area (TPSA) is 29.5 Å². The summed E-state index contributed by atoms with van der Waals surface area (Å²) in [5.74, 6) is 2.05. The first-order valence-electron chi connectivity index (χ1n) is 8.58. The van der Waals surface area contributed by atoms with Crippen molar-refractivity contribution >= 4 is 0 Å². The second-order valence-electron chi connectivity index (χ2n) is 6.30. The largest absolute Gasteiger partial charge is 0.508 e. The van der Waals surface area contributed by atoms with Gasteiger partial charge in [-0.15, -0.1) is 0 Å². The molecule has 120 valence electrons. The molecule has 0 atom stereocenters. The average Bonchev–Trinajstić information content (AvgIpc) is 2.44. The van der Waals surface area contributed by atoms with Gasteiger partial charge >= 0.3 is 0 Å². The molecule has 0 saturated carbocycles. The van der Waals surface area contributed by atoms with Crippen LogP contribution in [0.3, 0.4) is 0 Å². The van der Waals surface area contributed by atoms with Gasteiger partial charge in [-0.2, -0.15) is 0 Å². The zero-order valence-corrected chi connectivity index (χ0v) is 14.0. The van der Waals surface area contributed by atoms with Crippen LogP contribution in [0, 0.1) is 5.92 Å². The summed E-state index contributed by atoms with van der Waals surface area (Å²) in [6, 6.07) is 5.60. The second-order valence-corrected chi connectivity index (χ2v) is 6.30. The molecule has 21 heavy (non-hydrogen) atoms. The Bertz CT molecular complexity index is 385. The van der Waals surface area contributed by atoms with Crippen molar-refractivity contribution in [3.05, 3.63) is 23.8 Å². The number of hydrogen-bond donors (Lipinski definition) is 1. The van der Waals surface area contributed by atoms with E-state index in [0.29, 0.717) is 5.75 Å². The van der Waals surface area contributed by atoms with E-state index in [9.17, 15) is 5.11 Å². The van der Waals surface area contributed by atoms with Crippen molar-refractivity contribution in [3.63, 3.8) is 0 Å². The third-order valence-corrected chi connectivity index (χ3v) is 3.82. The van der Waals surface area contributed by atoms with E-state index < -0.39 is 0 Å². The van der Waals surface area contributed by atoms with E-state index in [-0.39, 0.29) is 0 Å². The van der Waals surface area contributed by atoms with Gasteiger partial charge in [-0.05, 0) is 37.3 Å². The summed E-state index contributed by atoms with van der Waals surface area (Å²) < 4.78 is 5.81. The van der Waals surface area contributed by atoms with Crippen molar-refractivity contribution in [2.45, 2.75) is 72.1 Å². The molecule has 0 spiro atoms. The number of unbranched alkanes of at least 4 members (excludes halogenated alkanes) is 4. The van der Waals surface area contributed by atoms with Crippen LogP contribution < -0.4 is 4.74 Å². The van der Waals surface area contributed by atoms with Crippen LogP contribution >= 0.6 is 0 Å². The van der Waals surface area contributed by atoms with Crippen molar-refractivity contribution in [1.82, 2.24) is 0 Å². The lowest BCUT2D eigenvalue weighted by Gasteiger charge is -2.13. The Labute approximate surface area is 130 Å². The Kier molecular flexibility index (Phi) is 8.96. The van der Waals surface area contributed by atoms with Crippen LogP contribution in [0.4, 0.5) is 0 Å². The first kappa shape index (κ1) is 17.9. The lowest BCUT2D eigenvalue weighted by Crippen LogP contribution is -2.00. The van der Waals surface area contributed by atoms with Crippen molar-refractivity contribution in [1.29, 1.82) is 0 Å². The van der Waals surface area contributed by atoms with Gasteiger partial charge in [0.25, 0.3) is 0 Å². The number of phenolic OH excluding ortho intramolecular Hbond substituents is 1. The third kappa shape index (κ3) is 7.40. The smallest absolute Gasteiger partial charge is 0.126 e. The van der Waals surface area contributed by atoms with Crippen LogP contribution in [0.1, 0.15) is 71.3 Å². The van der Waals surface area contributed by atoms with E-state index in [2.05, 4.69) is 20.8 Å². The molecule has 0 radical (unpaired) electrons. The zero-order valence-electron chi connectivity index (χ0n) is 14.0. The minimum atomic E-state index is 0.381. The van der Waals surface area contributed by atoms with Crippen molar-refractivity contribution < 1.29 is 9.84 Å². The standard InChI is InChI=1S/C19H32O2/c1-4-5-15-21-19-14-10-13-18(20)17(19)12-9-7-6-8-11-16(2)3/h10,13-14,16,20H,4-9,11-12,15H2,1-3H3. The summed E-state index contributed by atoms with van der Waals surface area (Å²) in [4.78, 5) is 0. The number of phenols is 1. The van der Waals surface area contributed by atoms with E-state index in [4.69, 9.17) is 4.74 Å². The summed E-state index contributed by atoms with van der Waals surface area (Å²) in [7, 11) is 0. The van der Waals surface area contributed by atoms with Gasteiger partial charge in [0.2, 0.25) is 0 Å². The Hall–Kier alpha value is -1.18. The van der Waals surface area contributed by atoms with Gasteiger partial charge in [-0.25, -0.2) is 0 Å². The molecule has 1 aromatic carbocycles. The third-order valence-electron chi connectivity index (χ3n) is 3.82. The van der Waals surface area contributed by atoms with Crippen molar-refractivity contribution in [2.75, 3.05) is 6.61 Å². The number of benzene rings is 1. The maximum Gasteiger partial charge on any atom is 0.126 e. The molecule has 1 aromatic rings. The molecule has 2 heteroatoms. The molecule has 1 N–H and O–H groups in total. The number of rotatable bonds is 11. The predicted molar refractivity (Wildman–Crippen MR) is 90.1 cm³/mol. The highest BCUT2D eigenvalue weighted by atomic mass is 16.5. The molecule has 0 saturated heterocycles. The normalized spacial score (nSPS) is 11.0. The van der Waals surface area contributed by atoms with Crippen LogP contribution in [-0.2, 0) is 6.42 Å². The fourth-order valence-electron chi connectivity index (χ4n) is 2.47. The van der Waals surface area contributed by atoms with Crippen molar-refractivity contribution in [2.24, 2.45) is 5.92 Å². The molecule has 2 nitrogen and oxygen atoms in total. The Morgan fingerprint density at radius 2 is 1.81 bits per heavy atom. The molecular weight excluding hydrogens is 260 g/mol. The Morgan fingerprint density at radius 3 is 2.52 bits per heavy atom. The highest BCUT2D eigenvalue weighted by Gasteiger charge is 2.08. The van der Waals surface area contributed by atoms with E-state index >= 15 is 0 Å². The van der Waals surface area contributed by atoms with Gasteiger partial charge in [0, 0.05) is 5.56 Å². The molecule has 0 aliphatic heterocycles. The van der Waals surface area contributed by atoms with Crippen LogP contribution in [0.5, 0.6) is 11.5 Å². The number of aromatic hydroxyl groups is 1. The predicted octanol–water partition coefficient (Wildman–Crippen LogP) is 5.72. The lowest BCUT2D eigenvalue weighted by atomic mass is 10.0. The Balaban J connectivity index is 2.38. The molecule has 0 aliphatic rings. The molecule has 0 aromatic heterocycles. The highest BCUT2D eigenvalue weighted by molar-refractivity contribution is 5.43.